The normalized spacial score (nSPS) is 15.9. The molecule has 1 aliphatic rings. The second-order valence-electron chi connectivity index (χ2n) is 6.38. The molecule has 0 unspecified atom stereocenters. The average molecular weight is 416 g/mol. The molecule has 1 aromatic heterocycles. The zero-order valence-electron chi connectivity index (χ0n) is 15.3. The van der Waals surface area contributed by atoms with Crippen LogP contribution in [0.4, 0.5) is 13.2 Å². The topological polar surface area (TPSA) is 73.1 Å². The summed E-state index contributed by atoms with van der Waals surface area (Å²) in [6, 6.07) is 14.8. The molecular weight excluding hydrogens is 401 g/mol. The van der Waals surface area contributed by atoms with Crippen LogP contribution in [-0.2, 0) is 11.0 Å². The van der Waals surface area contributed by atoms with Crippen molar-refractivity contribution in [1.29, 1.82) is 0 Å². The Morgan fingerprint density at radius 2 is 1.87 bits per heavy atom. The van der Waals surface area contributed by atoms with Gasteiger partial charge in [-0.25, -0.2) is 5.43 Å². The lowest BCUT2D eigenvalue weighted by molar-refractivity contribution is -0.137. The van der Waals surface area contributed by atoms with Gasteiger partial charge in [0.25, 0.3) is 5.91 Å². The first-order valence-corrected chi connectivity index (χ1v) is 8.89. The van der Waals surface area contributed by atoms with Crippen molar-refractivity contribution in [3.8, 4) is 22.8 Å². The van der Waals surface area contributed by atoms with Crippen LogP contribution in [0.15, 0.2) is 70.2 Å². The van der Waals surface area contributed by atoms with Gasteiger partial charge in [-0.3, -0.25) is 4.79 Å². The smallest absolute Gasteiger partial charge is 0.416 e. The van der Waals surface area contributed by atoms with Crippen molar-refractivity contribution in [3.63, 3.8) is 0 Å². The largest absolute Gasteiger partial charge is 0.485 e. The van der Waals surface area contributed by atoms with E-state index < -0.39 is 23.8 Å². The van der Waals surface area contributed by atoms with Gasteiger partial charge in [0.2, 0.25) is 6.10 Å². The summed E-state index contributed by atoms with van der Waals surface area (Å²) in [4.78, 5) is 12.2. The lowest BCUT2D eigenvalue weighted by atomic mass is 10.1. The Hall–Kier alpha value is -3.75. The van der Waals surface area contributed by atoms with E-state index in [4.69, 9.17) is 13.9 Å². The number of nitrogens with one attached hydrogen (secondary N) is 1. The molecule has 0 saturated heterocycles. The van der Waals surface area contributed by atoms with E-state index in [1.807, 2.05) is 0 Å². The molecule has 0 radical (unpaired) electrons. The highest BCUT2D eigenvalue weighted by molar-refractivity contribution is 5.84. The predicted molar refractivity (Wildman–Crippen MR) is 101 cm³/mol. The monoisotopic (exact) mass is 416 g/mol. The van der Waals surface area contributed by atoms with Crippen molar-refractivity contribution < 1.29 is 31.9 Å². The van der Waals surface area contributed by atoms with Gasteiger partial charge >= 0.3 is 6.18 Å². The molecule has 1 atom stereocenters. The Kier molecular flexibility index (Phi) is 5.18. The number of halogens is 3. The van der Waals surface area contributed by atoms with Gasteiger partial charge in [-0.1, -0.05) is 24.3 Å². The number of rotatable bonds is 4. The molecule has 154 valence electrons. The zero-order valence-corrected chi connectivity index (χ0v) is 15.3. The zero-order chi connectivity index (χ0) is 21.1. The van der Waals surface area contributed by atoms with E-state index in [0.29, 0.717) is 11.5 Å². The van der Waals surface area contributed by atoms with Crippen LogP contribution in [0, 0.1) is 0 Å². The van der Waals surface area contributed by atoms with E-state index in [9.17, 15) is 18.0 Å². The van der Waals surface area contributed by atoms with Crippen molar-refractivity contribution in [3.05, 3.63) is 72.0 Å². The number of para-hydroxylation sites is 2. The van der Waals surface area contributed by atoms with E-state index in [1.54, 1.807) is 24.3 Å². The number of furan rings is 1. The molecular formula is C21H15F3N2O4. The number of hydrogen-bond donors (Lipinski definition) is 1. The minimum Gasteiger partial charge on any atom is -0.485 e. The van der Waals surface area contributed by atoms with Crippen LogP contribution in [0.1, 0.15) is 11.3 Å². The summed E-state index contributed by atoms with van der Waals surface area (Å²) < 4.78 is 55.1. The number of ether oxygens (including phenoxy) is 2. The minimum absolute atomic E-state index is 0.0405. The Morgan fingerprint density at radius 3 is 2.67 bits per heavy atom. The van der Waals surface area contributed by atoms with E-state index in [2.05, 4.69) is 10.5 Å². The van der Waals surface area contributed by atoms with E-state index in [1.165, 1.54) is 30.5 Å². The first-order valence-electron chi connectivity index (χ1n) is 8.89. The lowest BCUT2D eigenvalue weighted by Gasteiger charge is -2.24. The molecule has 0 spiro atoms. The summed E-state index contributed by atoms with van der Waals surface area (Å²) in [6.07, 6.45) is -4.07. The fourth-order valence-electron chi connectivity index (χ4n) is 2.81. The van der Waals surface area contributed by atoms with Crippen LogP contribution in [0.3, 0.4) is 0 Å². The Bertz CT molecular complexity index is 1090. The molecule has 4 rings (SSSR count). The number of alkyl halides is 3. The third-order valence-corrected chi connectivity index (χ3v) is 4.27. The molecule has 6 nitrogen and oxygen atoms in total. The average Bonchev–Trinajstić information content (AvgIpc) is 3.22. The molecule has 1 N–H and O–H groups in total. The van der Waals surface area contributed by atoms with Gasteiger partial charge in [-0.05, 0) is 36.4 Å². The van der Waals surface area contributed by atoms with Crippen molar-refractivity contribution >= 4 is 12.1 Å². The maximum absolute atomic E-state index is 12.9. The summed E-state index contributed by atoms with van der Waals surface area (Å²) in [5, 5.41) is 3.80. The standard InChI is InChI=1S/C21H15F3N2O4/c22-21(23,24)14-5-3-4-13(10-14)16-9-8-15(29-16)11-25-26-20(27)19-12-28-17-6-1-2-7-18(17)30-19/h1-11,19H,12H2,(H,26,27)/b25-11+/t19-/m1/s1. The minimum atomic E-state index is -4.44. The first-order chi connectivity index (χ1) is 14.4. The van der Waals surface area contributed by atoms with Crippen LogP contribution in [0.25, 0.3) is 11.3 Å². The summed E-state index contributed by atoms with van der Waals surface area (Å²) in [5.74, 6) is 1.01. The molecule has 9 heteroatoms. The first kappa shape index (κ1) is 19.6. The maximum Gasteiger partial charge on any atom is 0.416 e. The van der Waals surface area contributed by atoms with Crippen molar-refractivity contribution in [2.45, 2.75) is 12.3 Å². The predicted octanol–water partition coefficient (Wildman–Crippen LogP) is 4.26. The molecule has 2 aromatic carbocycles. The van der Waals surface area contributed by atoms with Crippen LogP contribution >= 0.6 is 0 Å². The summed E-state index contributed by atoms with van der Waals surface area (Å²) in [6.45, 7) is 0.0405. The fourth-order valence-corrected chi connectivity index (χ4v) is 2.81. The third-order valence-electron chi connectivity index (χ3n) is 4.27. The molecule has 0 aliphatic carbocycles. The molecule has 30 heavy (non-hydrogen) atoms. The van der Waals surface area contributed by atoms with Crippen LogP contribution < -0.4 is 14.9 Å². The highest BCUT2D eigenvalue weighted by atomic mass is 19.4. The molecule has 0 saturated carbocycles. The number of carbonyl (C=O) groups excluding carboxylic acids is 1. The van der Waals surface area contributed by atoms with E-state index in [0.717, 1.165) is 12.1 Å². The Labute approximate surface area is 168 Å². The lowest BCUT2D eigenvalue weighted by Crippen LogP contribution is -2.42. The van der Waals surface area contributed by atoms with Gasteiger partial charge in [0.15, 0.2) is 11.5 Å². The number of hydrogen-bond acceptors (Lipinski definition) is 5. The van der Waals surface area contributed by atoms with Crippen LogP contribution in [0.5, 0.6) is 11.5 Å². The summed E-state index contributed by atoms with van der Waals surface area (Å²) in [7, 11) is 0. The van der Waals surface area contributed by atoms with Gasteiger partial charge in [-0.2, -0.15) is 18.3 Å². The van der Waals surface area contributed by atoms with Crippen LogP contribution in [0.2, 0.25) is 0 Å². The van der Waals surface area contributed by atoms with Gasteiger partial charge in [0.05, 0.1) is 11.8 Å². The molecule has 0 fully saturated rings. The number of amides is 1. The maximum atomic E-state index is 12.9. The number of nitrogens with zero attached hydrogens (tertiary/aromatic N) is 1. The van der Waals surface area contributed by atoms with Crippen molar-refractivity contribution in [2.24, 2.45) is 5.10 Å². The second kappa shape index (κ2) is 7.94. The van der Waals surface area contributed by atoms with Gasteiger partial charge in [0, 0.05) is 5.56 Å². The summed E-state index contributed by atoms with van der Waals surface area (Å²) >= 11 is 0. The van der Waals surface area contributed by atoms with Crippen molar-refractivity contribution in [2.75, 3.05) is 6.61 Å². The Balaban J connectivity index is 1.38. The second-order valence-corrected chi connectivity index (χ2v) is 6.38. The molecule has 2 heterocycles. The van der Waals surface area contributed by atoms with E-state index >= 15 is 0 Å². The van der Waals surface area contributed by atoms with Crippen LogP contribution in [-0.4, -0.2) is 24.8 Å². The number of carbonyl (C=O) groups is 1. The molecule has 0 bridgehead atoms. The van der Waals surface area contributed by atoms with Gasteiger partial charge < -0.3 is 13.9 Å². The molecule has 1 aliphatic heterocycles. The molecule has 1 amide bonds. The van der Waals surface area contributed by atoms with Gasteiger partial charge in [0.1, 0.15) is 18.1 Å². The highest BCUT2D eigenvalue weighted by Crippen LogP contribution is 2.33. The highest BCUT2D eigenvalue weighted by Gasteiger charge is 2.30. The Morgan fingerprint density at radius 1 is 1.07 bits per heavy atom. The number of hydrazone groups is 1. The fraction of sp³-hybridized carbons (Fsp3) is 0.143. The SMILES string of the molecule is O=C(N/N=C/c1ccc(-c2cccc(C(F)(F)F)c2)o1)[C@H]1COc2ccccc2O1. The summed E-state index contributed by atoms with van der Waals surface area (Å²) in [5.41, 5.74) is 1.84. The quantitative estimate of drug-likeness (QED) is 0.510. The number of fused-ring (bicyclic) bond motifs is 1. The van der Waals surface area contributed by atoms with Gasteiger partial charge in [-0.15, -0.1) is 0 Å². The molecule has 3 aromatic rings. The third kappa shape index (κ3) is 4.29. The van der Waals surface area contributed by atoms with E-state index in [-0.39, 0.29) is 23.7 Å². The number of benzene rings is 2. The van der Waals surface area contributed by atoms with Crippen molar-refractivity contribution in [1.82, 2.24) is 5.43 Å².